The number of amides is 1. The number of hydrogen-bond acceptors (Lipinski definition) is 6. The Morgan fingerprint density at radius 1 is 1.21 bits per heavy atom. The molecule has 2 aliphatic rings. The average Bonchev–Trinajstić information content (AvgIpc) is 3.49. The van der Waals surface area contributed by atoms with E-state index in [-0.39, 0.29) is 11.4 Å². The molecule has 2 aliphatic heterocycles. The molecule has 1 fully saturated rings. The van der Waals surface area contributed by atoms with E-state index in [0.717, 1.165) is 35.5 Å². The van der Waals surface area contributed by atoms with Gasteiger partial charge in [0, 0.05) is 17.8 Å². The monoisotopic (exact) mass is 529 g/mol. The number of ether oxygens (including phenoxy) is 1. The van der Waals surface area contributed by atoms with Gasteiger partial charge in [0.05, 0.1) is 30.5 Å². The van der Waals surface area contributed by atoms with Crippen molar-refractivity contribution < 1.29 is 13.9 Å². The Balaban J connectivity index is 1.52. The molecule has 2 aromatic carbocycles. The molecule has 1 amide bonds. The highest BCUT2D eigenvalue weighted by Gasteiger charge is 2.37. The molecule has 7 heteroatoms. The normalized spacial score (nSPS) is 20.9. The van der Waals surface area contributed by atoms with Gasteiger partial charge in [0.15, 0.2) is 5.17 Å². The molecule has 0 aliphatic carbocycles. The number of rotatable bonds is 6. The number of aliphatic imine (C=N–C) groups is 1. The first-order valence-corrected chi connectivity index (χ1v) is 13.9. The molecular weight excluding hydrogens is 494 g/mol. The molecule has 1 saturated heterocycles. The maximum absolute atomic E-state index is 13.7. The van der Waals surface area contributed by atoms with Gasteiger partial charge in [-0.3, -0.25) is 9.69 Å². The number of amidine groups is 1. The van der Waals surface area contributed by atoms with E-state index in [9.17, 15) is 4.79 Å². The van der Waals surface area contributed by atoms with Gasteiger partial charge in [-0.15, -0.1) is 0 Å². The number of fused-ring (bicyclic) bond motifs is 1. The zero-order valence-electron chi connectivity index (χ0n) is 22.9. The Morgan fingerprint density at radius 2 is 1.97 bits per heavy atom. The van der Waals surface area contributed by atoms with Gasteiger partial charge in [-0.25, -0.2) is 4.99 Å². The Labute approximate surface area is 229 Å². The van der Waals surface area contributed by atoms with Crippen LogP contribution < -0.4 is 9.64 Å². The lowest BCUT2D eigenvalue weighted by Gasteiger charge is -2.47. The van der Waals surface area contributed by atoms with Crippen LogP contribution >= 0.6 is 11.8 Å². The second-order valence-electron chi connectivity index (χ2n) is 10.6. The van der Waals surface area contributed by atoms with Crippen LogP contribution in [0.15, 0.2) is 69.1 Å². The molecule has 5 rings (SSSR count). The van der Waals surface area contributed by atoms with Crippen LogP contribution in [0.5, 0.6) is 5.75 Å². The second kappa shape index (κ2) is 10.4. The van der Waals surface area contributed by atoms with Gasteiger partial charge >= 0.3 is 0 Å². The molecule has 1 aromatic heterocycles. The molecule has 3 aromatic rings. The van der Waals surface area contributed by atoms with Gasteiger partial charge in [-0.1, -0.05) is 6.92 Å². The third-order valence-electron chi connectivity index (χ3n) is 7.46. The van der Waals surface area contributed by atoms with E-state index in [0.29, 0.717) is 28.3 Å². The lowest BCUT2D eigenvalue weighted by Crippen LogP contribution is -2.48. The van der Waals surface area contributed by atoms with Crippen molar-refractivity contribution in [1.82, 2.24) is 4.90 Å². The fourth-order valence-corrected chi connectivity index (χ4v) is 6.59. The van der Waals surface area contributed by atoms with Crippen LogP contribution in [0.1, 0.15) is 62.5 Å². The Morgan fingerprint density at radius 3 is 2.63 bits per heavy atom. The zero-order chi connectivity index (χ0) is 27.0. The van der Waals surface area contributed by atoms with E-state index in [1.54, 1.807) is 18.3 Å². The van der Waals surface area contributed by atoms with Crippen LogP contribution in [-0.4, -0.2) is 35.2 Å². The zero-order valence-corrected chi connectivity index (χ0v) is 23.8. The van der Waals surface area contributed by atoms with Crippen LogP contribution in [0.25, 0.3) is 6.08 Å². The van der Waals surface area contributed by atoms with Crippen molar-refractivity contribution in [3.63, 3.8) is 0 Å². The maximum Gasteiger partial charge on any atom is 0.267 e. The number of methoxy groups -OCH3 is 1. The van der Waals surface area contributed by atoms with Gasteiger partial charge in [-0.05, 0) is 123 Å². The predicted molar refractivity (Wildman–Crippen MR) is 156 cm³/mol. The van der Waals surface area contributed by atoms with E-state index in [1.165, 1.54) is 23.0 Å². The molecule has 198 valence electrons. The molecule has 0 bridgehead atoms. The van der Waals surface area contributed by atoms with Crippen LogP contribution in [0.2, 0.25) is 0 Å². The quantitative estimate of drug-likeness (QED) is 0.309. The lowest BCUT2D eigenvalue weighted by molar-refractivity contribution is -0.122. The lowest BCUT2D eigenvalue weighted by atomic mass is 9.79. The first-order chi connectivity index (χ1) is 18.2. The largest absolute Gasteiger partial charge is 0.497 e. The van der Waals surface area contributed by atoms with E-state index < -0.39 is 0 Å². The number of furan rings is 1. The summed E-state index contributed by atoms with van der Waals surface area (Å²) >= 11 is 1.40. The highest BCUT2D eigenvalue weighted by Crippen LogP contribution is 2.45. The number of anilines is 1. The molecule has 1 unspecified atom stereocenters. The first-order valence-electron chi connectivity index (χ1n) is 13.1. The number of benzene rings is 2. The summed E-state index contributed by atoms with van der Waals surface area (Å²) in [5.74, 6) is 1.85. The van der Waals surface area contributed by atoms with E-state index in [4.69, 9.17) is 14.1 Å². The van der Waals surface area contributed by atoms with Crippen molar-refractivity contribution in [3.8, 4) is 5.75 Å². The van der Waals surface area contributed by atoms with Crippen molar-refractivity contribution in [2.24, 2.45) is 4.99 Å². The molecule has 0 spiro atoms. The van der Waals surface area contributed by atoms with Crippen LogP contribution in [0.3, 0.4) is 0 Å². The van der Waals surface area contributed by atoms with Crippen molar-refractivity contribution in [3.05, 3.63) is 82.1 Å². The number of hydrogen-bond donors (Lipinski definition) is 0. The van der Waals surface area contributed by atoms with Crippen molar-refractivity contribution in [1.29, 1.82) is 0 Å². The van der Waals surface area contributed by atoms with E-state index in [1.807, 2.05) is 42.5 Å². The summed E-state index contributed by atoms with van der Waals surface area (Å²) in [6.07, 6.45) is 4.74. The van der Waals surface area contributed by atoms with Crippen molar-refractivity contribution in [2.75, 3.05) is 18.6 Å². The van der Waals surface area contributed by atoms with Gasteiger partial charge < -0.3 is 14.1 Å². The Kier molecular flexibility index (Phi) is 7.14. The van der Waals surface area contributed by atoms with Gasteiger partial charge in [0.25, 0.3) is 5.91 Å². The summed E-state index contributed by atoms with van der Waals surface area (Å²) < 4.78 is 10.8. The average molecular weight is 530 g/mol. The van der Waals surface area contributed by atoms with E-state index >= 15 is 0 Å². The standard InChI is InChI=1S/C31H35N3O3S/c1-7-34-27-15-20(2)22(16-26(27)21(3)18-31(34,4)5)17-28-29(35)33(19-25-9-8-14-37-25)30(38-28)32-23-10-12-24(36-6)13-11-23/h8-17,21H,7,18-19H2,1-6H3/b28-17+,32-30?. The maximum atomic E-state index is 13.7. The predicted octanol–water partition coefficient (Wildman–Crippen LogP) is 7.51. The molecule has 3 heterocycles. The minimum Gasteiger partial charge on any atom is -0.497 e. The summed E-state index contributed by atoms with van der Waals surface area (Å²) in [7, 11) is 1.64. The van der Waals surface area contributed by atoms with Gasteiger partial charge in [0.2, 0.25) is 0 Å². The number of carbonyl (C=O) groups is 1. The van der Waals surface area contributed by atoms with Gasteiger partial charge in [0.1, 0.15) is 11.5 Å². The summed E-state index contributed by atoms with van der Waals surface area (Å²) in [5, 5.41) is 0.630. The van der Waals surface area contributed by atoms with E-state index in [2.05, 4.69) is 51.7 Å². The molecule has 0 saturated carbocycles. The summed E-state index contributed by atoms with van der Waals surface area (Å²) in [4.78, 5) is 23.3. The SMILES string of the molecule is CCN1c2cc(C)c(/C=C3/SC(=Nc4ccc(OC)cc4)N(Cc4ccco4)C3=O)cc2C(C)CC1(C)C. The third kappa shape index (κ3) is 4.99. The highest BCUT2D eigenvalue weighted by molar-refractivity contribution is 8.18. The minimum absolute atomic E-state index is 0.0693. The van der Waals surface area contributed by atoms with Crippen LogP contribution in [0, 0.1) is 6.92 Å². The molecule has 0 radical (unpaired) electrons. The van der Waals surface area contributed by atoms with Crippen LogP contribution in [-0.2, 0) is 11.3 Å². The Hall–Kier alpha value is -3.45. The van der Waals surface area contributed by atoms with Crippen molar-refractivity contribution in [2.45, 2.75) is 59.0 Å². The summed E-state index contributed by atoms with van der Waals surface area (Å²) in [5.41, 5.74) is 5.76. The molecule has 0 N–H and O–H groups in total. The number of nitrogens with zero attached hydrogens (tertiary/aromatic N) is 3. The summed E-state index contributed by atoms with van der Waals surface area (Å²) in [6.45, 7) is 12.6. The smallest absolute Gasteiger partial charge is 0.267 e. The molecule has 38 heavy (non-hydrogen) atoms. The molecule has 1 atom stereocenters. The first kappa shape index (κ1) is 26.2. The fourth-order valence-electron chi connectivity index (χ4n) is 5.60. The number of carbonyl (C=O) groups excluding carboxylic acids is 1. The van der Waals surface area contributed by atoms with Gasteiger partial charge in [-0.2, -0.15) is 0 Å². The molecular formula is C31H35N3O3S. The molecule has 6 nitrogen and oxygen atoms in total. The summed E-state index contributed by atoms with van der Waals surface area (Å²) in [6, 6.07) is 15.8. The number of aryl methyl sites for hydroxylation is 1. The highest BCUT2D eigenvalue weighted by atomic mass is 32.2. The topological polar surface area (TPSA) is 58.3 Å². The minimum atomic E-state index is -0.0693. The second-order valence-corrected chi connectivity index (χ2v) is 11.6. The van der Waals surface area contributed by atoms with Crippen LogP contribution in [0.4, 0.5) is 11.4 Å². The fraction of sp³-hybridized carbons (Fsp3) is 0.355. The van der Waals surface area contributed by atoms with Crippen molar-refractivity contribution >= 4 is 40.3 Å². The number of thioether (sulfide) groups is 1. The third-order valence-corrected chi connectivity index (χ3v) is 8.46. The Bertz CT molecular complexity index is 1390.